The van der Waals surface area contributed by atoms with E-state index in [4.69, 9.17) is 0 Å². The first kappa shape index (κ1) is 17.4. The number of nitrogens with one attached hydrogen (secondary N) is 1. The van der Waals surface area contributed by atoms with Gasteiger partial charge in [0.15, 0.2) is 0 Å². The Morgan fingerprint density at radius 1 is 0.793 bits per heavy atom. The molecule has 0 aliphatic rings. The topological polar surface area (TPSA) is 46.5 Å². The van der Waals surface area contributed by atoms with Gasteiger partial charge in [-0.2, -0.15) is 0 Å². The third-order valence-electron chi connectivity index (χ3n) is 5.37. The van der Waals surface area contributed by atoms with Crippen LogP contribution in [-0.4, -0.2) is 20.0 Å². The third kappa shape index (κ3) is 3.57. The highest BCUT2D eigenvalue weighted by Crippen LogP contribution is 2.24. The summed E-state index contributed by atoms with van der Waals surface area (Å²) in [5, 5.41) is 10.4. The van der Waals surface area contributed by atoms with Crippen molar-refractivity contribution in [2.24, 2.45) is 0 Å². The number of hydrogen-bond donors (Lipinski definition) is 1. The van der Waals surface area contributed by atoms with Crippen LogP contribution in [0.5, 0.6) is 0 Å². The summed E-state index contributed by atoms with van der Waals surface area (Å²) in [5.74, 6) is 0. The number of aryl methyl sites for hydroxylation is 2. The fourth-order valence-electron chi connectivity index (χ4n) is 3.86. The van der Waals surface area contributed by atoms with Crippen molar-refractivity contribution in [3.05, 3.63) is 108 Å². The van der Waals surface area contributed by atoms with E-state index in [0.29, 0.717) is 0 Å². The van der Waals surface area contributed by atoms with Crippen molar-refractivity contribution >= 4 is 10.9 Å². The number of benzene rings is 3. The van der Waals surface area contributed by atoms with Crippen LogP contribution < -0.4 is 0 Å². The van der Waals surface area contributed by atoms with Gasteiger partial charge in [0, 0.05) is 35.6 Å². The number of nitrogens with zero attached hydrogens (tertiary/aromatic N) is 3. The molecule has 4 nitrogen and oxygen atoms in total. The van der Waals surface area contributed by atoms with Crippen molar-refractivity contribution in [2.45, 2.75) is 19.4 Å². The Bertz CT molecular complexity index is 1220. The molecule has 0 saturated heterocycles. The van der Waals surface area contributed by atoms with Crippen LogP contribution in [0, 0.1) is 0 Å². The maximum atomic E-state index is 4.55. The molecule has 0 unspecified atom stereocenters. The lowest BCUT2D eigenvalue weighted by atomic mass is 10.0. The van der Waals surface area contributed by atoms with Crippen LogP contribution in [0.1, 0.15) is 16.8 Å². The highest BCUT2D eigenvalue weighted by atomic mass is 15.4. The fourth-order valence-corrected chi connectivity index (χ4v) is 3.86. The molecule has 1 N–H and O–H groups in total. The molecule has 0 amide bonds. The zero-order valence-electron chi connectivity index (χ0n) is 16.1. The van der Waals surface area contributed by atoms with E-state index in [9.17, 15) is 0 Å². The lowest BCUT2D eigenvalue weighted by molar-refractivity contribution is 0.570. The van der Waals surface area contributed by atoms with Crippen molar-refractivity contribution in [3.63, 3.8) is 0 Å². The molecule has 5 rings (SSSR count). The molecule has 0 aliphatic heterocycles. The molecule has 2 heterocycles. The minimum atomic E-state index is 0.795. The molecule has 4 heteroatoms. The van der Waals surface area contributed by atoms with E-state index in [2.05, 4.69) is 86.8 Å². The number of para-hydroxylation sites is 1. The molecular weight excluding hydrogens is 356 g/mol. The van der Waals surface area contributed by atoms with Crippen LogP contribution in [0.2, 0.25) is 0 Å². The van der Waals surface area contributed by atoms with E-state index in [1.807, 2.05) is 24.3 Å². The third-order valence-corrected chi connectivity index (χ3v) is 5.37. The summed E-state index contributed by atoms with van der Waals surface area (Å²) < 4.78 is 2.07. The number of H-pyrrole nitrogens is 1. The molecular formula is C25H22N4. The second-order valence-corrected chi connectivity index (χ2v) is 7.25. The minimum absolute atomic E-state index is 0.795. The first-order chi connectivity index (χ1) is 14.4. The lowest BCUT2D eigenvalue weighted by Gasteiger charge is -2.09. The molecule has 0 fully saturated rings. The van der Waals surface area contributed by atoms with Crippen molar-refractivity contribution in [2.75, 3.05) is 0 Å². The smallest absolute Gasteiger partial charge is 0.116 e. The monoisotopic (exact) mass is 378 g/mol. The molecule has 29 heavy (non-hydrogen) atoms. The van der Waals surface area contributed by atoms with Gasteiger partial charge in [-0.1, -0.05) is 84.1 Å². The van der Waals surface area contributed by atoms with Gasteiger partial charge in [0.1, 0.15) is 5.69 Å². The maximum Gasteiger partial charge on any atom is 0.116 e. The van der Waals surface area contributed by atoms with E-state index >= 15 is 0 Å². The molecule has 0 radical (unpaired) electrons. The number of aromatic nitrogens is 4. The number of aromatic amines is 1. The van der Waals surface area contributed by atoms with Crippen molar-refractivity contribution in [3.8, 4) is 11.3 Å². The van der Waals surface area contributed by atoms with Gasteiger partial charge < -0.3 is 4.98 Å². The predicted molar refractivity (Wildman–Crippen MR) is 117 cm³/mol. The average molecular weight is 378 g/mol. The molecule has 0 bridgehead atoms. The Labute approximate surface area is 169 Å². The number of hydrogen-bond acceptors (Lipinski definition) is 2. The second-order valence-electron chi connectivity index (χ2n) is 7.25. The van der Waals surface area contributed by atoms with Crippen molar-refractivity contribution < 1.29 is 0 Å². The van der Waals surface area contributed by atoms with Crippen LogP contribution >= 0.6 is 0 Å². The average Bonchev–Trinajstić information content (AvgIpc) is 3.38. The van der Waals surface area contributed by atoms with E-state index < -0.39 is 0 Å². The van der Waals surface area contributed by atoms with Gasteiger partial charge in [0.2, 0.25) is 0 Å². The lowest BCUT2D eigenvalue weighted by Crippen LogP contribution is -2.08. The molecule has 0 spiro atoms. The summed E-state index contributed by atoms with van der Waals surface area (Å²) in [6.07, 6.45) is 3.83. The zero-order valence-corrected chi connectivity index (χ0v) is 16.1. The molecule has 142 valence electrons. The van der Waals surface area contributed by atoms with E-state index in [0.717, 1.165) is 36.3 Å². The molecule has 0 aliphatic carbocycles. The van der Waals surface area contributed by atoms with Gasteiger partial charge in [-0.25, -0.2) is 4.68 Å². The zero-order chi connectivity index (χ0) is 19.5. The van der Waals surface area contributed by atoms with Gasteiger partial charge in [-0.15, -0.1) is 5.10 Å². The standard InChI is InChI=1S/C25H22N4/c1-3-9-19(10-4-1)17-24-25(20-11-5-2-6-12-20)27-28-29(24)16-15-21-18-26-23-14-8-7-13-22(21)23/h1-14,18,26H,15-17H2. The van der Waals surface area contributed by atoms with Crippen LogP contribution in [0.25, 0.3) is 22.2 Å². The maximum absolute atomic E-state index is 4.55. The fraction of sp³-hybridized carbons (Fsp3) is 0.120. The van der Waals surface area contributed by atoms with Crippen LogP contribution in [0.4, 0.5) is 0 Å². The number of rotatable bonds is 6. The van der Waals surface area contributed by atoms with Crippen molar-refractivity contribution in [1.29, 1.82) is 0 Å². The van der Waals surface area contributed by atoms with E-state index in [-0.39, 0.29) is 0 Å². The molecule has 5 aromatic rings. The molecule has 0 atom stereocenters. The molecule has 0 saturated carbocycles. The Hall–Kier alpha value is -3.66. The van der Waals surface area contributed by atoms with Crippen LogP contribution in [0.15, 0.2) is 91.1 Å². The quantitative estimate of drug-likeness (QED) is 0.438. The predicted octanol–water partition coefficient (Wildman–Crippen LogP) is 5.26. The summed E-state index contributed by atoms with van der Waals surface area (Å²) in [6, 6.07) is 29.3. The Morgan fingerprint density at radius 3 is 2.34 bits per heavy atom. The van der Waals surface area contributed by atoms with Gasteiger partial charge in [0.05, 0.1) is 5.69 Å². The second kappa shape index (κ2) is 7.76. The molecule has 2 aromatic heterocycles. The van der Waals surface area contributed by atoms with Gasteiger partial charge in [-0.3, -0.25) is 0 Å². The Kier molecular flexibility index (Phi) is 4.67. The van der Waals surface area contributed by atoms with Gasteiger partial charge in [0.25, 0.3) is 0 Å². The normalized spacial score (nSPS) is 11.2. The summed E-state index contributed by atoms with van der Waals surface area (Å²) in [5.41, 5.74) is 6.98. The van der Waals surface area contributed by atoms with Gasteiger partial charge in [-0.05, 0) is 23.6 Å². The van der Waals surface area contributed by atoms with Crippen molar-refractivity contribution in [1.82, 2.24) is 20.0 Å². The van der Waals surface area contributed by atoms with E-state index in [1.54, 1.807) is 0 Å². The largest absolute Gasteiger partial charge is 0.361 e. The highest BCUT2D eigenvalue weighted by molar-refractivity contribution is 5.83. The van der Waals surface area contributed by atoms with Gasteiger partial charge >= 0.3 is 0 Å². The first-order valence-corrected chi connectivity index (χ1v) is 9.95. The van der Waals surface area contributed by atoms with Crippen LogP contribution in [-0.2, 0) is 19.4 Å². The minimum Gasteiger partial charge on any atom is -0.361 e. The molecule has 3 aromatic carbocycles. The SMILES string of the molecule is c1ccc(Cc2c(-c3ccccc3)nnn2CCc2c[nH]c3ccccc23)cc1. The van der Waals surface area contributed by atoms with E-state index in [1.165, 1.54) is 22.0 Å². The Morgan fingerprint density at radius 2 is 1.52 bits per heavy atom. The highest BCUT2D eigenvalue weighted by Gasteiger charge is 2.15. The summed E-state index contributed by atoms with van der Waals surface area (Å²) in [6.45, 7) is 0.795. The first-order valence-electron chi connectivity index (χ1n) is 9.95. The van der Waals surface area contributed by atoms with Crippen LogP contribution in [0.3, 0.4) is 0 Å². The summed E-state index contributed by atoms with van der Waals surface area (Å²) in [4.78, 5) is 3.36. The summed E-state index contributed by atoms with van der Waals surface area (Å²) >= 11 is 0. The summed E-state index contributed by atoms with van der Waals surface area (Å²) in [7, 11) is 0. The number of fused-ring (bicyclic) bond motifs is 1. The Balaban J connectivity index is 1.48.